The molecule has 2 aliphatic rings. The van der Waals surface area contributed by atoms with E-state index >= 15 is 0 Å². The Labute approximate surface area is 184 Å². The number of likely N-dealkylation sites (tertiary alicyclic amines) is 1. The van der Waals surface area contributed by atoms with Gasteiger partial charge in [0.25, 0.3) is 0 Å². The molecule has 1 aliphatic carbocycles. The van der Waals surface area contributed by atoms with Gasteiger partial charge in [0.2, 0.25) is 0 Å². The van der Waals surface area contributed by atoms with E-state index in [2.05, 4.69) is 27.7 Å². The van der Waals surface area contributed by atoms with E-state index in [1.54, 1.807) is 6.92 Å². The zero-order valence-corrected chi connectivity index (χ0v) is 18.6. The molecule has 1 aromatic carbocycles. The third-order valence-electron chi connectivity index (χ3n) is 6.27. The van der Waals surface area contributed by atoms with Gasteiger partial charge in [0.15, 0.2) is 0 Å². The molecule has 0 bridgehead atoms. The number of esters is 1. The smallest absolute Gasteiger partial charge is 0.315 e. The maximum atomic E-state index is 12.2. The Balaban J connectivity index is 1.39. The minimum absolute atomic E-state index is 0.181. The number of carbonyl (C=O) groups is 2. The number of rotatable bonds is 8. The van der Waals surface area contributed by atoms with Gasteiger partial charge >= 0.3 is 12.0 Å². The van der Waals surface area contributed by atoms with Crippen LogP contribution in [0.5, 0.6) is 0 Å². The first kappa shape index (κ1) is 22.9. The summed E-state index contributed by atoms with van der Waals surface area (Å²) in [5, 5.41) is 6.70. The summed E-state index contributed by atoms with van der Waals surface area (Å²) in [5.41, 5.74) is 1.36. The van der Waals surface area contributed by atoms with Crippen molar-refractivity contribution in [2.24, 2.45) is 5.92 Å². The number of nitrogens with one attached hydrogen (secondary N) is 2. The Morgan fingerprint density at radius 3 is 2.57 bits per heavy atom. The number of urea groups is 1. The fourth-order valence-electron chi connectivity index (χ4n) is 4.72. The number of benzene rings is 1. The lowest BCUT2D eigenvalue weighted by molar-refractivity contribution is -0.142. The Bertz CT molecular complexity index is 689. The number of halogens is 1. The topological polar surface area (TPSA) is 70.7 Å². The van der Waals surface area contributed by atoms with Gasteiger partial charge in [0, 0.05) is 23.7 Å². The largest absolute Gasteiger partial charge is 0.466 e. The summed E-state index contributed by atoms with van der Waals surface area (Å²) in [6.07, 6.45) is 6.99. The zero-order chi connectivity index (χ0) is 21.3. The summed E-state index contributed by atoms with van der Waals surface area (Å²) < 4.78 is 4.88. The van der Waals surface area contributed by atoms with Crippen LogP contribution >= 0.6 is 11.6 Å². The molecule has 2 fully saturated rings. The highest BCUT2D eigenvalue weighted by Gasteiger charge is 2.35. The Morgan fingerprint density at radius 2 is 1.87 bits per heavy atom. The quantitative estimate of drug-likeness (QED) is 0.610. The van der Waals surface area contributed by atoms with Crippen molar-refractivity contribution in [3.05, 3.63) is 34.9 Å². The Hall–Kier alpha value is -1.79. The molecule has 30 heavy (non-hydrogen) atoms. The second-order valence-electron chi connectivity index (χ2n) is 8.37. The molecule has 166 valence electrons. The van der Waals surface area contributed by atoms with Crippen LogP contribution in [0.3, 0.4) is 0 Å². The summed E-state index contributed by atoms with van der Waals surface area (Å²) in [6.45, 7) is 4.62. The summed E-state index contributed by atoms with van der Waals surface area (Å²) in [7, 11) is 0. The summed E-state index contributed by atoms with van der Waals surface area (Å²) in [4.78, 5) is 26.2. The molecule has 1 aromatic rings. The Kier molecular flexibility index (Phi) is 8.82. The predicted molar refractivity (Wildman–Crippen MR) is 119 cm³/mol. The van der Waals surface area contributed by atoms with Crippen molar-refractivity contribution in [3.8, 4) is 0 Å². The van der Waals surface area contributed by atoms with Gasteiger partial charge in [0.05, 0.1) is 13.0 Å². The molecule has 1 heterocycles. The van der Waals surface area contributed by atoms with Gasteiger partial charge in [-0.2, -0.15) is 0 Å². The molecular weight excluding hydrogens is 402 g/mol. The van der Waals surface area contributed by atoms with Gasteiger partial charge in [-0.25, -0.2) is 4.79 Å². The molecule has 7 heteroatoms. The molecule has 2 amide bonds. The maximum Gasteiger partial charge on any atom is 0.315 e. The molecule has 6 nitrogen and oxygen atoms in total. The van der Waals surface area contributed by atoms with Crippen LogP contribution < -0.4 is 10.6 Å². The minimum Gasteiger partial charge on any atom is -0.466 e. The summed E-state index contributed by atoms with van der Waals surface area (Å²) in [5.74, 6) is 0.430. The molecule has 3 rings (SSSR count). The van der Waals surface area contributed by atoms with Gasteiger partial charge in [-0.1, -0.05) is 23.7 Å². The van der Waals surface area contributed by atoms with Crippen molar-refractivity contribution >= 4 is 23.6 Å². The van der Waals surface area contributed by atoms with Crippen molar-refractivity contribution in [2.45, 2.75) is 64.0 Å². The number of hydrogen-bond acceptors (Lipinski definition) is 4. The monoisotopic (exact) mass is 435 g/mol. The van der Waals surface area contributed by atoms with E-state index in [4.69, 9.17) is 16.3 Å². The van der Waals surface area contributed by atoms with Crippen LogP contribution in [-0.4, -0.2) is 55.2 Å². The predicted octanol–water partition coefficient (Wildman–Crippen LogP) is 3.77. The van der Waals surface area contributed by atoms with Crippen molar-refractivity contribution in [1.29, 1.82) is 0 Å². The molecule has 1 aliphatic heterocycles. The molecule has 1 saturated heterocycles. The minimum atomic E-state index is -0.280. The van der Waals surface area contributed by atoms with E-state index in [-0.39, 0.29) is 24.5 Å². The SMILES string of the molecule is CCOC(=O)CCNC(=O)N[C@@H]1CCCC1N1CCC(Cc2ccc(Cl)cc2)CC1. The van der Waals surface area contributed by atoms with Crippen LogP contribution in [-0.2, 0) is 16.0 Å². The molecule has 2 atom stereocenters. The average Bonchev–Trinajstić information content (AvgIpc) is 3.18. The van der Waals surface area contributed by atoms with E-state index < -0.39 is 0 Å². The molecule has 0 aromatic heterocycles. The van der Waals surface area contributed by atoms with Crippen LogP contribution in [0, 0.1) is 5.92 Å². The van der Waals surface area contributed by atoms with Crippen LogP contribution in [0.15, 0.2) is 24.3 Å². The van der Waals surface area contributed by atoms with Crippen LogP contribution in [0.1, 0.15) is 51.0 Å². The maximum absolute atomic E-state index is 12.2. The van der Waals surface area contributed by atoms with E-state index in [9.17, 15) is 9.59 Å². The van der Waals surface area contributed by atoms with E-state index in [1.165, 1.54) is 18.4 Å². The highest BCUT2D eigenvalue weighted by atomic mass is 35.5. The average molecular weight is 436 g/mol. The summed E-state index contributed by atoms with van der Waals surface area (Å²) >= 11 is 5.99. The lowest BCUT2D eigenvalue weighted by atomic mass is 9.89. The van der Waals surface area contributed by atoms with Gasteiger partial charge in [-0.05, 0) is 82.2 Å². The van der Waals surface area contributed by atoms with Crippen LogP contribution in [0.25, 0.3) is 0 Å². The number of nitrogens with zero attached hydrogens (tertiary/aromatic N) is 1. The third kappa shape index (κ3) is 6.88. The van der Waals surface area contributed by atoms with Gasteiger partial charge < -0.3 is 15.4 Å². The second-order valence-corrected chi connectivity index (χ2v) is 8.81. The first-order valence-corrected chi connectivity index (χ1v) is 11.6. The lowest BCUT2D eigenvalue weighted by Crippen LogP contribution is -2.53. The van der Waals surface area contributed by atoms with E-state index in [0.717, 1.165) is 43.8 Å². The van der Waals surface area contributed by atoms with E-state index in [1.807, 2.05) is 12.1 Å². The van der Waals surface area contributed by atoms with Crippen molar-refractivity contribution < 1.29 is 14.3 Å². The lowest BCUT2D eigenvalue weighted by Gasteiger charge is -2.38. The number of piperidine rings is 1. The number of ether oxygens (including phenoxy) is 1. The first-order valence-electron chi connectivity index (χ1n) is 11.2. The molecule has 1 saturated carbocycles. The first-order chi connectivity index (χ1) is 14.5. The Morgan fingerprint density at radius 1 is 1.13 bits per heavy atom. The zero-order valence-electron chi connectivity index (χ0n) is 17.9. The van der Waals surface area contributed by atoms with Crippen molar-refractivity contribution in [3.63, 3.8) is 0 Å². The highest BCUT2D eigenvalue weighted by molar-refractivity contribution is 6.30. The normalized spacial score (nSPS) is 22.6. The summed E-state index contributed by atoms with van der Waals surface area (Å²) in [6, 6.07) is 8.61. The number of carbonyl (C=O) groups excluding carboxylic acids is 2. The van der Waals surface area contributed by atoms with Gasteiger partial charge in [0.1, 0.15) is 0 Å². The van der Waals surface area contributed by atoms with Crippen LogP contribution in [0.2, 0.25) is 5.02 Å². The van der Waals surface area contributed by atoms with Gasteiger partial charge in [-0.15, -0.1) is 0 Å². The fraction of sp³-hybridized carbons (Fsp3) is 0.652. The van der Waals surface area contributed by atoms with Crippen LogP contribution in [0.4, 0.5) is 4.79 Å². The molecule has 2 N–H and O–H groups in total. The molecule has 0 spiro atoms. The fourth-order valence-corrected chi connectivity index (χ4v) is 4.85. The molecule has 0 radical (unpaired) electrons. The van der Waals surface area contributed by atoms with Crippen molar-refractivity contribution in [2.75, 3.05) is 26.2 Å². The number of hydrogen-bond donors (Lipinski definition) is 2. The number of amides is 2. The molecule has 1 unspecified atom stereocenters. The van der Waals surface area contributed by atoms with Gasteiger partial charge in [-0.3, -0.25) is 9.69 Å². The molecular formula is C23H34ClN3O3. The van der Waals surface area contributed by atoms with Crippen molar-refractivity contribution in [1.82, 2.24) is 15.5 Å². The highest BCUT2D eigenvalue weighted by Crippen LogP contribution is 2.30. The third-order valence-corrected chi connectivity index (χ3v) is 6.52. The standard InChI is InChI=1S/C23H34ClN3O3/c1-2-30-22(28)10-13-25-23(29)26-20-4-3-5-21(20)27-14-11-18(12-15-27)16-17-6-8-19(24)9-7-17/h6-9,18,20-21H,2-5,10-16H2,1H3,(H2,25,26,29)/t20-,21?/m1/s1. The second kappa shape index (κ2) is 11.6. The van der Waals surface area contributed by atoms with E-state index in [0.29, 0.717) is 25.1 Å².